The van der Waals surface area contributed by atoms with Crippen molar-refractivity contribution in [2.24, 2.45) is 17.8 Å². The van der Waals surface area contributed by atoms with Crippen LogP contribution in [0.3, 0.4) is 0 Å². The van der Waals surface area contributed by atoms with Crippen LogP contribution in [-0.4, -0.2) is 160 Å². The zero-order chi connectivity index (χ0) is 61.5. The van der Waals surface area contributed by atoms with Crippen LogP contribution in [0.2, 0.25) is 0 Å². The van der Waals surface area contributed by atoms with E-state index in [4.69, 9.17) is 0 Å². The first-order valence-corrected chi connectivity index (χ1v) is 29.4. The van der Waals surface area contributed by atoms with Crippen LogP contribution in [0.1, 0.15) is 156 Å². The Hall–Kier alpha value is -6.56. The van der Waals surface area contributed by atoms with Crippen molar-refractivity contribution in [3.8, 4) is 0 Å². The number of nitrogens with one attached hydrogen (secondary N) is 9. The van der Waals surface area contributed by atoms with E-state index in [1.54, 1.807) is 11.6 Å². The average Bonchev–Trinajstić information content (AvgIpc) is 4.15. The summed E-state index contributed by atoms with van der Waals surface area (Å²) in [7, 11) is 3.90. The van der Waals surface area contributed by atoms with E-state index in [-0.39, 0.29) is 80.0 Å². The van der Waals surface area contributed by atoms with Gasteiger partial charge in [0.15, 0.2) is 0 Å². The quantitative estimate of drug-likeness (QED) is 0.0546. The molecule has 0 spiro atoms. The van der Waals surface area contributed by atoms with E-state index in [1.165, 1.54) is 69.9 Å². The number of carbonyl (C=O) groups excluding carboxylic acids is 10. The molecule has 10 amide bonds. The van der Waals surface area contributed by atoms with Crippen LogP contribution in [0.5, 0.6) is 0 Å². The maximum atomic E-state index is 14.3. The molecule has 1 saturated heterocycles. The van der Waals surface area contributed by atoms with Gasteiger partial charge < -0.3 is 57.7 Å². The van der Waals surface area contributed by atoms with Gasteiger partial charge in [-0.25, -0.2) is 9.37 Å². The minimum atomic E-state index is -1.68. The summed E-state index contributed by atoms with van der Waals surface area (Å²) in [6.07, 6.45) is 5.57. The number of amides is 10. The lowest BCUT2D eigenvalue weighted by Gasteiger charge is -2.44. The number of rotatable bonds is 30. The van der Waals surface area contributed by atoms with E-state index in [2.05, 4.69) is 52.8 Å². The predicted octanol–water partition coefficient (Wildman–Crippen LogP) is 3.00. The summed E-state index contributed by atoms with van der Waals surface area (Å²) in [5.41, 5.74) is -4.81. The third-order valence-corrected chi connectivity index (χ3v) is 15.2. The molecule has 24 heteroatoms. The van der Waals surface area contributed by atoms with Gasteiger partial charge in [-0.3, -0.25) is 47.9 Å². The number of aromatic nitrogens is 1. The summed E-state index contributed by atoms with van der Waals surface area (Å²) >= 11 is 1.26. The van der Waals surface area contributed by atoms with Crippen molar-refractivity contribution in [3.63, 3.8) is 0 Å². The molecule has 82 heavy (non-hydrogen) atoms. The van der Waals surface area contributed by atoms with E-state index in [0.717, 1.165) is 31.4 Å². The Morgan fingerprint density at radius 1 is 0.671 bits per heavy atom. The van der Waals surface area contributed by atoms with Crippen LogP contribution < -0.4 is 47.9 Å². The maximum absolute atomic E-state index is 14.3. The standard InChI is InChI=1S/C58H91FN12O10S/c1-34(2)29-39(46(73)62-41(31-36(5)6)49(76)68-57(11,12)54(81)69-55(7,8)52(79)61-25-22-44(72)66-58(23-16-24-58)33-70(13)14)65-53(80)56(9,10)67-48(75)40(30-35(3)4)63-47(74)42(32-45-60-26-28-82-45)64-50(77)43-17-15-27-71(43)51(78)37-18-20-38(59)21-19-37/h18-21,26,28,34-36,39-43H,15-17,22-25,27,29-33H2,1-14H3,(H,61,79)(H,62,73)(H,63,74)(H,64,77)(H,65,80)(H,66,72)(H,67,75)(H,68,76)(H,69,81)/t39?,40?,41?,42?,43-/m0/s1. The third-order valence-electron chi connectivity index (χ3n) is 14.4. The van der Waals surface area contributed by atoms with Crippen LogP contribution in [-0.2, 0) is 49.6 Å². The van der Waals surface area contributed by atoms with Crippen molar-refractivity contribution in [2.75, 3.05) is 33.7 Å². The predicted molar refractivity (Wildman–Crippen MR) is 310 cm³/mol. The molecule has 2 fully saturated rings. The Morgan fingerprint density at radius 3 is 1.67 bits per heavy atom. The number of hydrogen-bond donors (Lipinski definition) is 9. The van der Waals surface area contributed by atoms with Crippen molar-refractivity contribution in [2.45, 2.75) is 200 Å². The summed E-state index contributed by atoms with van der Waals surface area (Å²) in [5, 5.41) is 27.4. The largest absolute Gasteiger partial charge is 0.354 e. The van der Waals surface area contributed by atoms with Gasteiger partial charge >= 0.3 is 0 Å². The number of benzene rings is 1. The monoisotopic (exact) mass is 1170 g/mol. The normalized spacial score (nSPS) is 16.7. The fraction of sp³-hybridized carbons (Fsp3) is 0.672. The van der Waals surface area contributed by atoms with Crippen LogP contribution in [0.25, 0.3) is 0 Å². The molecule has 5 atom stereocenters. The molecular formula is C58H91FN12O10S. The summed E-state index contributed by atoms with van der Waals surface area (Å²) < 4.78 is 13.7. The molecular weight excluding hydrogens is 1080 g/mol. The smallest absolute Gasteiger partial charge is 0.254 e. The lowest BCUT2D eigenvalue weighted by Crippen LogP contribution is -2.65. The average molecular weight is 1170 g/mol. The Kier molecular flexibility index (Phi) is 24.5. The van der Waals surface area contributed by atoms with Gasteiger partial charge in [0.25, 0.3) is 5.91 Å². The maximum Gasteiger partial charge on any atom is 0.254 e. The highest BCUT2D eigenvalue weighted by Crippen LogP contribution is 2.32. The molecule has 2 heterocycles. The number of nitrogens with zero attached hydrogens (tertiary/aromatic N) is 3. The lowest BCUT2D eigenvalue weighted by molar-refractivity contribution is -0.139. The fourth-order valence-corrected chi connectivity index (χ4v) is 10.5. The van der Waals surface area contributed by atoms with Gasteiger partial charge in [-0.1, -0.05) is 41.5 Å². The minimum Gasteiger partial charge on any atom is -0.354 e. The molecule has 456 valence electrons. The second kappa shape index (κ2) is 29.6. The molecule has 2 aliphatic rings. The zero-order valence-electron chi connectivity index (χ0n) is 50.5. The van der Waals surface area contributed by atoms with Crippen LogP contribution >= 0.6 is 11.3 Å². The molecule has 4 unspecified atom stereocenters. The second-order valence-electron chi connectivity index (χ2n) is 25.1. The van der Waals surface area contributed by atoms with Crippen molar-refractivity contribution in [3.05, 3.63) is 52.2 Å². The number of likely N-dealkylation sites (tertiary alicyclic amines) is 1. The number of hydrogen-bond acceptors (Lipinski definition) is 13. The molecule has 2 aromatic rings. The van der Waals surface area contributed by atoms with Crippen LogP contribution in [0.4, 0.5) is 4.39 Å². The van der Waals surface area contributed by atoms with Gasteiger partial charge in [-0.2, -0.15) is 0 Å². The summed E-state index contributed by atoms with van der Waals surface area (Å²) in [6, 6.07) is -0.746. The van der Waals surface area contributed by atoms with Crippen molar-refractivity contribution in [1.82, 2.24) is 62.6 Å². The first-order chi connectivity index (χ1) is 38.1. The van der Waals surface area contributed by atoms with Gasteiger partial charge in [-0.15, -0.1) is 11.3 Å². The summed E-state index contributed by atoms with van der Waals surface area (Å²) in [6.45, 7) is 20.9. The van der Waals surface area contributed by atoms with Crippen LogP contribution in [0, 0.1) is 23.6 Å². The van der Waals surface area contributed by atoms with E-state index in [9.17, 15) is 52.3 Å². The molecule has 1 aliphatic heterocycles. The second-order valence-corrected chi connectivity index (χ2v) is 26.1. The van der Waals surface area contributed by atoms with Crippen molar-refractivity contribution >= 4 is 70.4 Å². The number of likely N-dealkylation sites (N-methyl/N-ethyl adjacent to an activating group) is 1. The van der Waals surface area contributed by atoms with Gasteiger partial charge in [-0.05, 0) is 149 Å². The highest BCUT2D eigenvalue weighted by Gasteiger charge is 2.43. The minimum absolute atomic E-state index is 0.0367. The Labute approximate surface area is 486 Å². The number of thiazole rings is 1. The molecule has 1 saturated carbocycles. The molecule has 0 bridgehead atoms. The van der Waals surface area contributed by atoms with E-state index in [1.807, 2.05) is 60.5 Å². The SMILES string of the molecule is CC(C)CC(NC(=O)C(Cc1nccs1)NC(=O)[C@@H]1CCCN1C(=O)c1ccc(F)cc1)C(=O)NC(C)(C)C(=O)NC(CC(C)C)C(=O)NC(CC(C)C)C(=O)NC(C)(C)C(=O)NC(C)(C)C(=O)NCCC(=O)NC1(CN(C)C)CCC1. The fourth-order valence-electron chi connectivity index (χ4n) is 9.84. The van der Waals surface area contributed by atoms with Crippen molar-refractivity contribution < 1.29 is 52.3 Å². The highest BCUT2D eigenvalue weighted by molar-refractivity contribution is 7.09. The summed E-state index contributed by atoms with van der Waals surface area (Å²) in [4.78, 5) is 146. The van der Waals surface area contributed by atoms with E-state index in [0.29, 0.717) is 24.4 Å². The van der Waals surface area contributed by atoms with Gasteiger partial charge in [0.05, 0.1) is 10.5 Å². The molecule has 4 rings (SSSR count). The molecule has 1 aliphatic carbocycles. The summed E-state index contributed by atoms with van der Waals surface area (Å²) in [5.74, 6) is -6.98. The van der Waals surface area contributed by atoms with Gasteiger partial charge in [0, 0.05) is 49.6 Å². The van der Waals surface area contributed by atoms with Crippen molar-refractivity contribution in [1.29, 1.82) is 0 Å². The molecule has 1 aromatic carbocycles. The Morgan fingerprint density at radius 2 is 1.18 bits per heavy atom. The lowest BCUT2D eigenvalue weighted by atomic mass is 9.76. The van der Waals surface area contributed by atoms with Crippen LogP contribution in [0.15, 0.2) is 35.8 Å². The Bertz CT molecular complexity index is 2570. The van der Waals surface area contributed by atoms with E-state index < -0.39 is 106 Å². The zero-order valence-corrected chi connectivity index (χ0v) is 51.3. The Balaban J connectivity index is 1.41. The van der Waals surface area contributed by atoms with Gasteiger partial charge in [0.2, 0.25) is 53.2 Å². The molecule has 0 radical (unpaired) electrons. The van der Waals surface area contributed by atoms with Gasteiger partial charge in [0.1, 0.15) is 52.6 Å². The number of carbonyl (C=O) groups is 10. The highest BCUT2D eigenvalue weighted by atomic mass is 32.1. The first-order valence-electron chi connectivity index (χ1n) is 28.5. The third kappa shape index (κ3) is 20.4. The first kappa shape index (κ1) is 67.9. The molecule has 9 N–H and O–H groups in total. The molecule has 1 aromatic heterocycles. The van der Waals surface area contributed by atoms with E-state index >= 15 is 0 Å². The topological polar surface area (TPSA) is 298 Å². The molecule has 22 nitrogen and oxygen atoms in total. The number of halogens is 1.